The number of carboxylic acid groups (broad SMARTS) is 1. The average molecular weight is 223 g/mol. The van der Waals surface area contributed by atoms with Gasteiger partial charge in [0.25, 0.3) is 0 Å². The Morgan fingerprint density at radius 1 is 1.40 bits per heavy atom. The van der Waals surface area contributed by atoms with Crippen LogP contribution in [0, 0.1) is 0 Å². The molecule has 0 bridgehead atoms. The minimum atomic E-state index is -1.08. The lowest BCUT2D eigenvalue weighted by Crippen LogP contribution is -2.05. The largest absolute Gasteiger partial charge is 0.478 e. The van der Waals surface area contributed by atoms with E-state index < -0.39 is 11.3 Å². The summed E-state index contributed by atoms with van der Waals surface area (Å²) in [4.78, 5) is 10.6. The highest BCUT2D eigenvalue weighted by molar-refractivity contribution is 6.25. The predicted molar refractivity (Wildman–Crippen MR) is 61.9 cm³/mol. The molecule has 1 unspecified atom stereocenters. The summed E-state index contributed by atoms with van der Waals surface area (Å²) in [5, 5.41) is 8.02. The maximum absolute atomic E-state index is 10.6. The Kier molecular flexibility index (Phi) is 3.69. The highest BCUT2D eigenvalue weighted by atomic mass is 35.5. The van der Waals surface area contributed by atoms with E-state index in [-0.39, 0.29) is 5.57 Å². The summed E-state index contributed by atoms with van der Waals surface area (Å²) < 4.78 is 0. The Morgan fingerprint density at radius 3 is 2.33 bits per heavy atom. The van der Waals surface area contributed by atoms with Gasteiger partial charge < -0.3 is 5.11 Å². The second-order valence-corrected chi connectivity index (χ2v) is 3.50. The number of rotatable bonds is 4. The first-order chi connectivity index (χ1) is 7.06. The third-order valence-corrected chi connectivity index (χ3v) is 2.56. The van der Waals surface area contributed by atoms with Gasteiger partial charge in [0.2, 0.25) is 0 Å². The van der Waals surface area contributed by atoms with Crippen LogP contribution in [0.4, 0.5) is 0 Å². The predicted octanol–water partition coefficient (Wildman–Crippen LogP) is 3.25. The van der Waals surface area contributed by atoms with Gasteiger partial charge in [-0.2, -0.15) is 0 Å². The molecule has 0 aliphatic rings. The number of halogens is 1. The number of benzene rings is 1. The zero-order valence-corrected chi connectivity index (χ0v) is 8.87. The highest BCUT2D eigenvalue weighted by Crippen LogP contribution is 2.27. The third kappa shape index (κ3) is 2.70. The van der Waals surface area contributed by atoms with Crippen molar-refractivity contribution in [3.8, 4) is 0 Å². The molecule has 0 amide bonds. The fourth-order valence-electron chi connectivity index (χ4n) is 1.11. The van der Waals surface area contributed by atoms with E-state index in [4.69, 9.17) is 16.7 Å². The summed E-state index contributed by atoms with van der Waals surface area (Å²) in [6.07, 6.45) is 1.71. The van der Waals surface area contributed by atoms with Crippen LogP contribution in [0.15, 0.2) is 43.0 Å². The van der Waals surface area contributed by atoms with Crippen molar-refractivity contribution in [3.63, 3.8) is 0 Å². The van der Waals surface area contributed by atoms with Crippen molar-refractivity contribution in [2.24, 2.45) is 0 Å². The van der Waals surface area contributed by atoms with E-state index in [1.165, 1.54) is 0 Å². The van der Waals surface area contributed by atoms with E-state index in [1.807, 2.05) is 12.1 Å². The molecular weight excluding hydrogens is 212 g/mol. The number of alkyl halides is 1. The van der Waals surface area contributed by atoms with Gasteiger partial charge >= 0.3 is 5.97 Å². The molecule has 0 aliphatic heterocycles. The molecule has 0 saturated heterocycles. The second-order valence-electron chi connectivity index (χ2n) is 3.06. The van der Waals surface area contributed by atoms with E-state index in [0.717, 1.165) is 11.1 Å². The molecule has 2 nitrogen and oxygen atoms in total. The summed E-state index contributed by atoms with van der Waals surface area (Å²) in [6.45, 7) is 7.05. The van der Waals surface area contributed by atoms with Crippen molar-refractivity contribution in [1.82, 2.24) is 0 Å². The van der Waals surface area contributed by atoms with Gasteiger partial charge in [0.1, 0.15) is 0 Å². The SMILES string of the molecule is C=Cc1ccc(C(Cl)C(=C)C(=O)O)cc1. The fourth-order valence-corrected chi connectivity index (χ4v) is 1.35. The van der Waals surface area contributed by atoms with Crippen molar-refractivity contribution in [2.75, 3.05) is 0 Å². The molecule has 0 spiro atoms. The minimum absolute atomic E-state index is 0.0250. The molecule has 1 aromatic rings. The fraction of sp³-hybridized carbons (Fsp3) is 0.0833. The smallest absolute Gasteiger partial charge is 0.332 e. The summed E-state index contributed by atoms with van der Waals surface area (Å²) in [5.74, 6) is -1.08. The molecule has 0 radical (unpaired) electrons. The van der Waals surface area contributed by atoms with Crippen molar-refractivity contribution in [1.29, 1.82) is 0 Å². The average Bonchev–Trinajstić information content (AvgIpc) is 2.27. The standard InChI is InChI=1S/C12H11ClO2/c1-3-9-4-6-10(7-5-9)11(13)8(2)12(14)15/h3-7,11H,1-2H2,(H,14,15). The van der Waals surface area contributed by atoms with Gasteiger partial charge in [-0.05, 0) is 11.1 Å². The van der Waals surface area contributed by atoms with Crippen LogP contribution in [-0.4, -0.2) is 11.1 Å². The number of carbonyl (C=O) groups is 1. The van der Waals surface area contributed by atoms with Crippen molar-refractivity contribution >= 4 is 23.6 Å². The van der Waals surface area contributed by atoms with Crippen molar-refractivity contribution < 1.29 is 9.90 Å². The van der Waals surface area contributed by atoms with Crippen LogP contribution in [0.3, 0.4) is 0 Å². The van der Waals surface area contributed by atoms with Gasteiger partial charge in [-0.15, -0.1) is 11.6 Å². The molecule has 1 rings (SSSR count). The molecule has 15 heavy (non-hydrogen) atoms. The van der Waals surface area contributed by atoms with Crippen LogP contribution in [0.25, 0.3) is 6.08 Å². The van der Waals surface area contributed by atoms with Crippen molar-refractivity contribution in [3.05, 3.63) is 54.1 Å². The number of hydrogen-bond donors (Lipinski definition) is 1. The Hall–Kier alpha value is -1.54. The summed E-state index contributed by atoms with van der Waals surface area (Å²) in [7, 11) is 0. The molecule has 0 heterocycles. The molecule has 1 atom stereocenters. The molecule has 0 aromatic heterocycles. The maximum atomic E-state index is 10.6. The monoisotopic (exact) mass is 222 g/mol. The molecular formula is C12H11ClO2. The second kappa shape index (κ2) is 4.80. The zero-order valence-electron chi connectivity index (χ0n) is 8.11. The summed E-state index contributed by atoms with van der Waals surface area (Å²) in [5.41, 5.74) is 1.65. The Balaban J connectivity index is 2.91. The van der Waals surface area contributed by atoms with Crippen LogP contribution in [0.1, 0.15) is 16.5 Å². The van der Waals surface area contributed by atoms with E-state index in [1.54, 1.807) is 18.2 Å². The van der Waals surface area contributed by atoms with Crippen LogP contribution >= 0.6 is 11.6 Å². The first kappa shape index (κ1) is 11.5. The molecule has 78 valence electrons. The van der Waals surface area contributed by atoms with Crippen LogP contribution in [0.2, 0.25) is 0 Å². The summed E-state index contributed by atoms with van der Waals surface area (Å²) >= 11 is 5.94. The molecule has 0 saturated carbocycles. The van der Waals surface area contributed by atoms with Gasteiger partial charge in [-0.3, -0.25) is 0 Å². The number of carboxylic acids is 1. The molecule has 1 N–H and O–H groups in total. The quantitative estimate of drug-likeness (QED) is 0.627. The highest BCUT2D eigenvalue weighted by Gasteiger charge is 2.17. The van der Waals surface area contributed by atoms with E-state index in [9.17, 15) is 4.79 Å². The third-order valence-electron chi connectivity index (χ3n) is 2.05. The Morgan fingerprint density at radius 2 is 1.93 bits per heavy atom. The normalized spacial score (nSPS) is 11.8. The van der Waals surface area contributed by atoms with Crippen molar-refractivity contribution in [2.45, 2.75) is 5.38 Å². The van der Waals surface area contributed by atoms with Crippen LogP contribution < -0.4 is 0 Å². The number of hydrogen-bond acceptors (Lipinski definition) is 1. The van der Waals surface area contributed by atoms with Gasteiger partial charge in [0.15, 0.2) is 0 Å². The lowest BCUT2D eigenvalue weighted by atomic mass is 10.0. The lowest BCUT2D eigenvalue weighted by molar-refractivity contribution is -0.132. The van der Waals surface area contributed by atoms with E-state index in [0.29, 0.717) is 0 Å². The van der Waals surface area contributed by atoms with E-state index in [2.05, 4.69) is 13.2 Å². The van der Waals surface area contributed by atoms with Gasteiger partial charge in [0, 0.05) is 0 Å². The molecule has 0 fully saturated rings. The van der Waals surface area contributed by atoms with Gasteiger partial charge in [-0.25, -0.2) is 4.79 Å². The van der Waals surface area contributed by atoms with Gasteiger partial charge in [-0.1, -0.05) is 43.5 Å². The molecule has 3 heteroatoms. The first-order valence-electron chi connectivity index (χ1n) is 4.35. The topological polar surface area (TPSA) is 37.3 Å². The van der Waals surface area contributed by atoms with Crippen LogP contribution in [-0.2, 0) is 4.79 Å². The summed E-state index contributed by atoms with van der Waals surface area (Å²) in [6, 6.07) is 7.19. The molecule has 0 aliphatic carbocycles. The molecule has 1 aromatic carbocycles. The lowest BCUT2D eigenvalue weighted by Gasteiger charge is -2.09. The van der Waals surface area contributed by atoms with Gasteiger partial charge in [0.05, 0.1) is 11.0 Å². The zero-order chi connectivity index (χ0) is 11.4. The van der Waals surface area contributed by atoms with E-state index >= 15 is 0 Å². The maximum Gasteiger partial charge on any atom is 0.332 e. The Labute approximate surface area is 93.5 Å². The minimum Gasteiger partial charge on any atom is -0.478 e. The number of aliphatic carboxylic acids is 1. The first-order valence-corrected chi connectivity index (χ1v) is 4.78. The van der Waals surface area contributed by atoms with Crippen LogP contribution in [0.5, 0.6) is 0 Å². The Bertz CT molecular complexity index is 393.